The molecule has 190 valence electrons. The maximum absolute atomic E-state index is 14.0. The van der Waals surface area contributed by atoms with Crippen molar-refractivity contribution in [3.63, 3.8) is 0 Å². The Morgan fingerprint density at radius 2 is 1.75 bits per heavy atom. The molecular weight excluding hydrogens is 479 g/mol. The van der Waals surface area contributed by atoms with Crippen LogP contribution in [0, 0.1) is 0 Å². The summed E-state index contributed by atoms with van der Waals surface area (Å²) in [7, 11) is 2.96. The van der Waals surface area contributed by atoms with Crippen LogP contribution in [0.5, 0.6) is 11.5 Å². The molecule has 0 amide bonds. The molecule has 1 aromatic heterocycles. The molecule has 0 unspecified atom stereocenters. The lowest BCUT2D eigenvalue weighted by Gasteiger charge is -2.18. The molecule has 0 aliphatic heterocycles. The number of fused-ring (bicyclic) bond motifs is 1. The molecule has 0 radical (unpaired) electrons. The second kappa shape index (κ2) is 9.92. The van der Waals surface area contributed by atoms with Gasteiger partial charge in [0.25, 0.3) is 5.56 Å². The number of aromatic nitrogens is 2. The summed E-state index contributed by atoms with van der Waals surface area (Å²) in [4.78, 5) is 24.2. The molecule has 2 aromatic carbocycles. The van der Waals surface area contributed by atoms with Crippen LogP contribution >= 0.6 is 0 Å². The molecule has 0 fully saturated rings. The van der Waals surface area contributed by atoms with Crippen molar-refractivity contribution in [1.82, 2.24) is 9.78 Å². The maximum atomic E-state index is 14.0. The molecule has 36 heavy (non-hydrogen) atoms. The highest BCUT2D eigenvalue weighted by atomic mass is 19.4. The fourth-order valence-electron chi connectivity index (χ4n) is 4.28. The van der Waals surface area contributed by atoms with Crippen molar-refractivity contribution in [3.8, 4) is 28.4 Å². The van der Waals surface area contributed by atoms with Gasteiger partial charge >= 0.3 is 12.1 Å². The van der Waals surface area contributed by atoms with E-state index in [-0.39, 0.29) is 18.7 Å². The lowest BCUT2D eigenvalue weighted by molar-refractivity contribution is -0.138. The Morgan fingerprint density at radius 1 is 1.08 bits per heavy atom. The first-order chi connectivity index (χ1) is 17.1. The van der Waals surface area contributed by atoms with Gasteiger partial charge in [-0.2, -0.15) is 23.0 Å². The van der Waals surface area contributed by atoms with Gasteiger partial charge < -0.3 is 19.9 Å². The van der Waals surface area contributed by atoms with Gasteiger partial charge in [-0.1, -0.05) is 0 Å². The molecule has 0 bridgehead atoms. The quantitative estimate of drug-likeness (QED) is 0.472. The van der Waals surface area contributed by atoms with Crippen molar-refractivity contribution in [2.24, 2.45) is 0 Å². The zero-order valence-corrected chi connectivity index (χ0v) is 19.6. The summed E-state index contributed by atoms with van der Waals surface area (Å²) in [6.07, 6.45) is -3.32. The van der Waals surface area contributed by atoms with Crippen molar-refractivity contribution in [2.45, 2.75) is 31.9 Å². The minimum Gasteiger partial charge on any atom is -0.497 e. The number of benzene rings is 2. The maximum Gasteiger partial charge on any atom is 0.418 e. The van der Waals surface area contributed by atoms with Crippen LogP contribution in [0.1, 0.15) is 29.5 Å². The van der Waals surface area contributed by atoms with Crippen LogP contribution in [0.15, 0.2) is 41.2 Å². The topological polar surface area (TPSA) is 103 Å². The van der Waals surface area contributed by atoms with Gasteiger partial charge in [-0.25, -0.2) is 0 Å². The van der Waals surface area contributed by atoms with Crippen LogP contribution in [0.4, 0.5) is 18.9 Å². The van der Waals surface area contributed by atoms with Gasteiger partial charge in [-0.3, -0.25) is 9.59 Å². The number of anilines is 1. The number of nitrogens with zero attached hydrogens (tertiary/aromatic N) is 2. The Bertz CT molecular complexity index is 1350. The highest BCUT2D eigenvalue weighted by Crippen LogP contribution is 2.37. The van der Waals surface area contributed by atoms with E-state index < -0.39 is 29.0 Å². The number of ether oxygens (including phenoxy) is 2. The van der Waals surface area contributed by atoms with Crippen LogP contribution in [0.3, 0.4) is 0 Å². The molecule has 2 N–H and O–H groups in total. The van der Waals surface area contributed by atoms with E-state index >= 15 is 0 Å². The van der Waals surface area contributed by atoms with E-state index in [1.807, 2.05) is 0 Å². The molecule has 0 saturated carbocycles. The van der Waals surface area contributed by atoms with E-state index in [4.69, 9.17) is 14.6 Å². The molecule has 1 aliphatic carbocycles. The summed E-state index contributed by atoms with van der Waals surface area (Å²) in [6.45, 7) is 0.00150. The number of alkyl halides is 3. The average Bonchev–Trinajstić information content (AvgIpc) is 3.33. The third kappa shape index (κ3) is 5.00. The monoisotopic (exact) mass is 503 g/mol. The number of aliphatic carboxylic acids is 1. The molecule has 0 saturated heterocycles. The number of methoxy groups -OCH3 is 2. The Morgan fingerprint density at radius 3 is 2.36 bits per heavy atom. The second-order valence-corrected chi connectivity index (χ2v) is 8.28. The Hall–Kier alpha value is -4.02. The fourth-order valence-corrected chi connectivity index (χ4v) is 4.28. The van der Waals surface area contributed by atoms with Gasteiger partial charge in [0.1, 0.15) is 11.5 Å². The van der Waals surface area contributed by atoms with E-state index in [2.05, 4.69) is 10.4 Å². The SMILES string of the molecule is COc1cc(OC)cc(-c2nn(-c3cc(NCCC(=O)O)ccc3C(F)(F)F)c(=O)c3c2CCC3)c1. The van der Waals surface area contributed by atoms with Crippen molar-refractivity contribution < 1.29 is 32.5 Å². The lowest BCUT2D eigenvalue weighted by Crippen LogP contribution is -2.28. The van der Waals surface area contributed by atoms with Crippen LogP contribution in [-0.2, 0) is 23.8 Å². The number of carboxylic acid groups (broad SMARTS) is 1. The molecule has 4 rings (SSSR count). The summed E-state index contributed by atoms with van der Waals surface area (Å²) in [5.74, 6) is -0.114. The predicted molar refractivity (Wildman–Crippen MR) is 126 cm³/mol. The van der Waals surface area contributed by atoms with E-state index in [1.54, 1.807) is 18.2 Å². The van der Waals surface area contributed by atoms with Gasteiger partial charge in [-0.15, -0.1) is 0 Å². The van der Waals surface area contributed by atoms with Crippen LogP contribution in [0.25, 0.3) is 16.9 Å². The summed E-state index contributed by atoms with van der Waals surface area (Å²) < 4.78 is 53.4. The van der Waals surface area contributed by atoms with Crippen molar-refractivity contribution in [3.05, 3.63) is 63.4 Å². The van der Waals surface area contributed by atoms with Crippen molar-refractivity contribution in [2.75, 3.05) is 26.1 Å². The molecule has 0 atom stereocenters. The van der Waals surface area contributed by atoms with Gasteiger partial charge in [0.15, 0.2) is 0 Å². The Kier molecular flexibility index (Phi) is 6.91. The summed E-state index contributed by atoms with van der Waals surface area (Å²) in [5, 5.41) is 16.1. The van der Waals surface area contributed by atoms with Crippen LogP contribution in [0.2, 0.25) is 0 Å². The summed E-state index contributed by atoms with van der Waals surface area (Å²) >= 11 is 0. The first-order valence-corrected chi connectivity index (χ1v) is 11.2. The molecule has 11 heteroatoms. The standard InChI is InChI=1S/C25H24F3N3O5/c1-35-16-10-14(11-17(13-16)36-2)23-18-4-3-5-19(18)24(34)31(30-23)21-12-15(29-9-8-22(32)33)6-7-20(21)25(26,27)28/h6-7,10-13,29H,3-5,8-9H2,1-2H3,(H,32,33). The first kappa shape index (κ1) is 25.1. The minimum atomic E-state index is -4.76. The van der Waals surface area contributed by atoms with Gasteiger partial charge in [0.05, 0.1) is 37.6 Å². The van der Waals surface area contributed by atoms with Gasteiger partial charge in [0, 0.05) is 29.4 Å². The highest BCUT2D eigenvalue weighted by molar-refractivity contribution is 5.69. The fraction of sp³-hybridized carbons (Fsp3) is 0.320. The van der Waals surface area contributed by atoms with Crippen LogP contribution in [-0.4, -0.2) is 41.6 Å². The molecule has 8 nitrogen and oxygen atoms in total. The highest BCUT2D eigenvalue weighted by Gasteiger charge is 2.35. The smallest absolute Gasteiger partial charge is 0.418 e. The number of halogens is 3. The normalized spacial score (nSPS) is 12.8. The van der Waals surface area contributed by atoms with Gasteiger partial charge in [0.2, 0.25) is 0 Å². The largest absolute Gasteiger partial charge is 0.497 e. The van der Waals surface area contributed by atoms with E-state index in [9.17, 15) is 22.8 Å². The molecule has 0 spiro atoms. The average molecular weight is 503 g/mol. The molecule has 1 aliphatic rings. The number of nitrogens with one attached hydrogen (secondary N) is 1. The van der Waals surface area contributed by atoms with E-state index in [0.717, 1.165) is 16.8 Å². The molecular formula is C25H24F3N3O5. The predicted octanol–water partition coefficient (Wildman–Crippen LogP) is 4.31. The van der Waals surface area contributed by atoms with E-state index in [1.165, 1.54) is 20.3 Å². The summed E-state index contributed by atoms with van der Waals surface area (Å²) in [5.41, 5.74) is 0.160. The molecule has 3 aromatic rings. The number of carbonyl (C=O) groups is 1. The third-order valence-corrected chi connectivity index (χ3v) is 5.98. The third-order valence-electron chi connectivity index (χ3n) is 5.98. The number of hydrogen-bond donors (Lipinski definition) is 2. The Balaban J connectivity index is 1.93. The van der Waals surface area contributed by atoms with Gasteiger partial charge in [-0.05, 0) is 55.2 Å². The zero-order chi connectivity index (χ0) is 26.0. The van der Waals surface area contributed by atoms with Crippen molar-refractivity contribution in [1.29, 1.82) is 0 Å². The van der Waals surface area contributed by atoms with Crippen molar-refractivity contribution >= 4 is 11.7 Å². The Labute approximate surface area is 204 Å². The number of carboxylic acids is 1. The molecule has 1 heterocycles. The zero-order valence-electron chi connectivity index (χ0n) is 19.6. The first-order valence-electron chi connectivity index (χ1n) is 11.2. The summed E-state index contributed by atoms with van der Waals surface area (Å²) in [6, 6.07) is 8.25. The number of hydrogen-bond acceptors (Lipinski definition) is 6. The van der Waals surface area contributed by atoms with Crippen LogP contribution < -0.4 is 20.3 Å². The lowest BCUT2D eigenvalue weighted by atomic mass is 10.0. The van der Waals surface area contributed by atoms with E-state index in [0.29, 0.717) is 53.1 Å². The minimum absolute atomic E-state index is 0.00150. The second-order valence-electron chi connectivity index (χ2n) is 8.28. The number of rotatable bonds is 8.